The third-order valence-corrected chi connectivity index (χ3v) is 8.16. The summed E-state index contributed by atoms with van der Waals surface area (Å²) in [6.07, 6.45) is -4.05. The van der Waals surface area contributed by atoms with Crippen molar-refractivity contribution in [1.29, 1.82) is 0 Å². The average Bonchev–Trinajstić information content (AvgIpc) is 3.70. The number of aromatic nitrogens is 1. The first-order valence-electron chi connectivity index (χ1n) is 13.8. The summed E-state index contributed by atoms with van der Waals surface area (Å²) in [4.78, 5) is 59.3. The van der Waals surface area contributed by atoms with Gasteiger partial charge in [0, 0.05) is 28.3 Å². The van der Waals surface area contributed by atoms with Gasteiger partial charge in [0.2, 0.25) is 0 Å². The SMILES string of the molecule is Cc1ncc2c(c1OC(=O)O[C@H]1CO[C@H]3[C@H]1OC[C@@H]3C(CCC(CO[N+](=O)[O-])O[N+](=O)[O-])C(=O)O)CO[C@H]2c1ccc(Cl)cc1. The maximum atomic E-state index is 12.9. The van der Waals surface area contributed by atoms with Crippen LogP contribution in [0.3, 0.4) is 0 Å². The topological polar surface area (TPSA) is 218 Å². The molecule has 7 atom stereocenters. The Morgan fingerprint density at radius 1 is 1.09 bits per heavy atom. The predicted octanol–water partition coefficient (Wildman–Crippen LogP) is 3.23. The third kappa shape index (κ3) is 7.33. The maximum Gasteiger partial charge on any atom is 0.514 e. The fourth-order valence-corrected chi connectivity index (χ4v) is 5.95. The predicted molar refractivity (Wildman–Crippen MR) is 146 cm³/mol. The van der Waals surface area contributed by atoms with Crippen LogP contribution in [-0.4, -0.2) is 76.6 Å². The molecule has 0 aliphatic carbocycles. The van der Waals surface area contributed by atoms with E-state index >= 15 is 0 Å². The summed E-state index contributed by atoms with van der Waals surface area (Å²) in [7, 11) is 0. The quantitative estimate of drug-likeness (QED) is 0.186. The lowest BCUT2D eigenvalue weighted by Crippen LogP contribution is -2.37. The summed E-state index contributed by atoms with van der Waals surface area (Å²) >= 11 is 6.01. The number of carboxylic acid groups (broad SMARTS) is 1. The lowest BCUT2D eigenvalue weighted by Gasteiger charge is -2.24. The van der Waals surface area contributed by atoms with Crippen LogP contribution < -0.4 is 4.74 Å². The molecule has 45 heavy (non-hydrogen) atoms. The Balaban J connectivity index is 1.21. The Kier molecular flexibility index (Phi) is 9.81. The summed E-state index contributed by atoms with van der Waals surface area (Å²) in [5.41, 5.74) is 2.66. The van der Waals surface area contributed by atoms with Crippen molar-refractivity contribution in [3.05, 3.63) is 78.1 Å². The van der Waals surface area contributed by atoms with E-state index in [4.69, 9.17) is 35.3 Å². The van der Waals surface area contributed by atoms with Gasteiger partial charge in [0.25, 0.3) is 10.2 Å². The molecule has 3 aliphatic heterocycles. The van der Waals surface area contributed by atoms with Gasteiger partial charge in [-0.1, -0.05) is 23.7 Å². The van der Waals surface area contributed by atoms with Gasteiger partial charge in [-0.05, 0) is 37.5 Å². The van der Waals surface area contributed by atoms with Gasteiger partial charge in [0.1, 0.15) is 24.9 Å². The highest BCUT2D eigenvalue weighted by molar-refractivity contribution is 6.30. The molecule has 3 aliphatic rings. The Labute approximate surface area is 259 Å². The van der Waals surface area contributed by atoms with E-state index in [2.05, 4.69) is 14.7 Å². The van der Waals surface area contributed by atoms with E-state index in [9.17, 15) is 34.9 Å². The molecular formula is C27H28ClN3O14. The zero-order chi connectivity index (χ0) is 32.2. The zero-order valence-corrected chi connectivity index (χ0v) is 24.4. The molecule has 2 aromatic rings. The van der Waals surface area contributed by atoms with Crippen LogP contribution in [0.5, 0.6) is 5.75 Å². The molecule has 2 unspecified atom stereocenters. The average molecular weight is 654 g/mol. The van der Waals surface area contributed by atoms with Crippen molar-refractivity contribution < 1.29 is 58.2 Å². The largest absolute Gasteiger partial charge is 0.514 e. The van der Waals surface area contributed by atoms with Crippen LogP contribution in [0.1, 0.15) is 41.3 Å². The van der Waals surface area contributed by atoms with Crippen LogP contribution in [0.25, 0.3) is 0 Å². The maximum absolute atomic E-state index is 12.9. The Hall–Kier alpha value is -4.32. The fourth-order valence-electron chi connectivity index (χ4n) is 5.82. The number of aliphatic carboxylic acids is 1. The lowest BCUT2D eigenvalue weighted by molar-refractivity contribution is -0.790. The molecule has 4 heterocycles. The number of hydrogen-bond acceptors (Lipinski definition) is 14. The molecule has 0 amide bonds. The first-order valence-corrected chi connectivity index (χ1v) is 14.2. The second-order valence-corrected chi connectivity index (χ2v) is 11.0. The van der Waals surface area contributed by atoms with Crippen LogP contribution in [0.2, 0.25) is 5.02 Å². The van der Waals surface area contributed by atoms with Gasteiger partial charge < -0.3 is 38.5 Å². The molecule has 17 nitrogen and oxygen atoms in total. The van der Waals surface area contributed by atoms with Gasteiger partial charge >= 0.3 is 12.1 Å². The Morgan fingerprint density at radius 3 is 2.51 bits per heavy atom. The van der Waals surface area contributed by atoms with Crippen LogP contribution in [0.15, 0.2) is 30.5 Å². The number of halogens is 1. The highest BCUT2D eigenvalue weighted by atomic mass is 35.5. The molecule has 0 saturated carbocycles. The highest BCUT2D eigenvalue weighted by Crippen LogP contribution is 2.42. The number of pyridine rings is 1. The van der Waals surface area contributed by atoms with E-state index in [1.807, 2.05) is 12.1 Å². The Morgan fingerprint density at radius 2 is 1.82 bits per heavy atom. The molecule has 1 aromatic heterocycles. The molecule has 0 radical (unpaired) electrons. The summed E-state index contributed by atoms with van der Waals surface area (Å²) in [5.74, 6) is -2.86. The number of nitrogens with zero attached hydrogens (tertiary/aromatic N) is 3. The molecule has 5 rings (SSSR count). The van der Waals surface area contributed by atoms with Gasteiger partial charge in [0.05, 0.1) is 37.5 Å². The zero-order valence-electron chi connectivity index (χ0n) is 23.6. The van der Waals surface area contributed by atoms with E-state index in [0.717, 1.165) is 11.1 Å². The minimum absolute atomic E-state index is 0.0635. The number of carbonyl (C=O) groups excluding carboxylic acids is 1. The van der Waals surface area contributed by atoms with E-state index in [1.165, 1.54) is 0 Å². The van der Waals surface area contributed by atoms with Crippen molar-refractivity contribution in [2.75, 3.05) is 19.8 Å². The van der Waals surface area contributed by atoms with Crippen LogP contribution in [-0.2, 0) is 40.0 Å². The number of aryl methyl sites for hydroxylation is 1. The number of rotatable bonds is 13. The normalized spacial score (nSPS) is 24.6. The summed E-state index contributed by atoms with van der Waals surface area (Å²) in [5, 5.41) is 29.5. The number of carboxylic acids is 1. The van der Waals surface area contributed by atoms with Gasteiger partial charge in [-0.3, -0.25) is 9.78 Å². The second kappa shape index (κ2) is 13.8. The van der Waals surface area contributed by atoms with Crippen molar-refractivity contribution in [3.63, 3.8) is 0 Å². The summed E-state index contributed by atoms with van der Waals surface area (Å²) in [6, 6.07) is 7.16. The first kappa shape index (κ1) is 32.1. The minimum atomic E-state index is -1.37. The highest BCUT2D eigenvalue weighted by Gasteiger charge is 2.53. The lowest BCUT2D eigenvalue weighted by atomic mass is 9.84. The molecule has 0 bridgehead atoms. The number of benzene rings is 1. The van der Waals surface area contributed by atoms with E-state index in [-0.39, 0.29) is 38.4 Å². The third-order valence-electron chi connectivity index (χ3n) is 7.91. The van der Waals surface area contributed by atoms with Crippen molar-refractivity contribution in [1.82, 2.24) is 4.98 Å². The van der Waals surface area contributed by atoms with Gasteiger partial charge in [-0.15, -0.1) is 20.2 Å². The number of carbonyl (C=O) groups is 2. The number of hydrogen-bond donors (Lipinski definition) is 1. The van der Waals surface area contributed by atoms with Crippen LogP contribution in [0.4, 0.5) is 4.79 Å². The summed E-state index contributed by atoms with van der Waals surface area (Å²) < 4.78 is 28.7. The van der Waals surface area contributed by atoms with E-state index in [0.29, 0.717) is 16.3 Å². The van der Waals surface area contributed by atoms with Crippen LogP contribution >= 0.6 is 11.6 Å². The van der Waals surface area contributed by atoms with Crippen molar-refractivity contribution >= 4 is 23.7 Å². The Bertz CT molecular complexity index is 1440. The van der Waals surface area contributed by atoms with Crippen molar-refractivity contribution in [2.45, 2.75) is 56.9 Å². The second-order valence-electron chi connectivity index (χ2n) is 10.6. The molecular weight excluding hydrogens is 626 g/mol. The molecule has 18 heteroatoms. The van der Waals surface area contributed by atoms with Crippen molar-refractivity contribution in [2.24, 2.45) is 11.8 Å². The minimum Gasteiger partial charge on any atom is -0.481 e. The standard InChI is InChI=1S/C27H28ClN3O14/c1-13-22(20-11-39-23(18(20)8-29-13)14-2-4-15(28)5-3-14)44-27(34)43-21-12-41-24-19(10-40-25(21)24)17(26(32)33)7-6-16(45-31(37)38)9-42-30(35)36/h2-5,8,16-17,19,21,23-25H,6-7,9-12H2,1H3,(H,32,33)/t16?,17?,19-,21+,23+,24-,25+/m1/s1. The molecule has 0 spiro atoms. The molecule has 2 saturated heterocycles. The molecule has 1 aromatic carbocycles. The monoisotopic (exact) mass is 653 g/mol. The molecule has 1 N–H and O–H groups in total. The van der Waals surface area contributed by atoms with Gasteiger partial charge in [0.15, 0.2) is 11.9 Å². The van der Waals surface area contributed by atoms with Gasteiger partial charge in [-0.25, -0.2) is 4.79 Å². The van der Waals surface area contributed by atoms with Gasteiger partial charge in [-0.2, -0.15) is 0 Å². The smallest absolute Gasteiger partial charge is 0.481 e. The fraction of sp³-hybridized carbons (Fsp3) is 0.519. The number of fused-ring (bicyclic) bond motifs is 2. The van der Waals surface area contributed by atoms with E-state index < -0.39 is 71.3 Å². The number of ether oxygens (including phenoxy) is 5. The summed E-state index contributed by atoms with van der Waals surface area (Å²) in [6.45, 7) is 0.929. The molecule has 242 valence electrons. The van der Waals surface area contributed by atoms with E-state index in [1.54, 1.807) is 25.3 Å². The first-order chi connectivity index (χ1) is 21.5. The van der Waals surface area contributed by atoms with Crippen LogP contribution in [0, 0.1) is 39.0 Å². The van der Waals surface area contributed by atoms with Crippen molar-refractivity contribution in [3.8, 4) is 5.75 Å². The molecule has 2 fully saturated rings.